The minimum atomic E-state index is 0.105. The summed E-state index contributed by atoms with van der Waals surface area (Å²) >= 11 is 0. The summed E-state index contributed by atoms with van der Waals surface area (Å²) in [6, 6.07) is 9.83. The maximum absolute atomic E-state index is 12.6. The maximum Gasteiger partial charge on any atom is 0.228 e. The van der Waals surface area contributed by atoms with Gasteiger partial charge in [-0.3, -0.25) is 4.79 Å². The van der Waals surface area contributed by atoms with Gasteiger partial charge >= 0.3 is 0 Å². The fourth-order valence-electron chi connectivity index (χ4n) is 3.20. The van der Waals surface area contributed by atoms with Crippen LogP contribution in [0.1, 0.15) is 30.7 Å². The molecular formula is C19H27N5O2. The molecule has 1 aromatic carbocycles. The summed E-state index contributed by atoms with van der Waals surface area (Å²) in [5.41, 5.74) is 8.08. The Morgan fingerprint density at radius 1 is 1.27 bits per heavy atom. The van der Waals surface area contributed by atoms with Crippen molar-refractivity contribution in [3.8, 4) is 5.69 Å². The first-order chi connectivity index (χ1) is 12.7. The van der Waals surface area contributed by atoms with Crippen molar-refractivity contribution in [1.29, 1.82) is 0 Å². The molecule has 1 saturated heterocycles. The van der Waals surface area contributed by atoms with Crippen molar-refractivity contribution in [2.45, 2.75) is 38.7 Å². The van der Waals surface area contributed by atoms with Crippen LogP contribution in [0.15, 0.2) is 30.3 Å². The van der Waals surface area contributed by atoms with Crippen molar-refractivity contribution >= 4 is 5.91 Å². The van der Waals surface area contributed by atoms with Crippen LogP contribution in [0.25, 0.3) is 5.69 Å². The van der Waals surface area contributed by atoms with Gasteiger partial charge in [0, 0.05) is 19.7 Å². The Kier molecular flexibility index (Phi) is 6.35. The molecule has 0 atom stereocenters. The van der Waals surface area contributed by atoms with Crippen molar-refractivity contribution in [3.63, 3.8) is 0 Å². The first-order valence-corrected chi connectivity index (χ1v) is 9.25. The molecule has 1 fully saturated rings. The number of nitrogens with two attached hydrogens (primary N) is 1. The molecule has 7 heteroatoms. The van der Waals surface area contributed by atoms with E-state index in [4.69, 9.17) is 10.5 Å². The second kappa shape index (κ2) is 8.91. The zero-order chi connectivity index (χ0) is 18.4. The Bertz CT molecular complexity index is 708. The van der Waals surface area contributed by atoms with Gasteiger partial charge in [-0.05, 0) is 44.9 Å². The summed E-state index contributed by atoms with van der Waals surface area (Å²) in [6.07, 6.45) is 3.18. The average Bonchev–Trinajstić information content (AvgIpc) is 3.03. The van der Waals surface area contributed by atoms with Gasteiger partial charge in [-0.25, -0.2) is 4.68 Å². The third-order valence-electron chi connectivity index (χ3n) is 4.81. The third kappa shape index (κ3) is 4.47. The summed E-state index contributed by atoms with van der Waals surface area (Å²) in [6.45, 7) is 4.78. The van der Waals surface area contributed by atoms with Gasteiger partial charge < -0.3 is 15.4 Å². The van der Waals surface area contributed by atoms with Gasteiger partial charge in [0.05, 0.1) is 29.6 Å². The van der Waals surface area contributed by atoms with Crippen LogP contribution in [-0.2, 0) is 16.0 Å². The molecule has 1 aromatic heterocycles. The summed E-state index contributed by atoms with van der Waals surface area (Å²) in [5.74, 6) is 0.105. The number of piperidine rings is 1. The molecule has 3 rings (SSSR count). The second-order valence-corrected chi connectivity index (χ2v) is 6.64. The highest BCUT2D eigenvalue weighted by molar-refractivity contribution is 5.78. The lowest BCUT2D eigenvalue weighted by Crippen LogP contribution is -2.41. The van der Waals surface area contributed by atoms with E-state index in [9.17, 15) is 4.79 Å². The van der Waals surface area contributed by atoms with E-state index in [1.807, 2.05) is 42.2 Å². The Hall–Kier alpha value is -2.25. The fraction of sp³-hybridized carbons (Fsp3) is 0.526. The number of likely N-dealkylation sites (tertiary alicyclic amines) is 1. The van der Waals surface area contributed by atoms with E-state index in [0.717, 1.165) is 49.4 Å². The van der Waals surface area contributed by atoms with E-state index in [1.54, 1.807) is 4.68 Å². The van der Waals surface area contributed by atoms with Gasteiger partial charge in [-0.1, -0.05) is 23.4 Å². The average molecular weight is 357 g/mol. The summed E-state index contributed by atoms with van der Waals surface area (Å²) in [7, 11) is 0. The third-order valence-corrected chi connectivity index (χ3v) is 4.81. The SMILES string of the molecule is Cc1c(CC(=O)N2CCC(OCCCN)CC2)nnn1-c1ccccc1. The Balaban J connectivity index is 1.54. The molecule has 1 amide bonds. The quantitative estimate of drug-likeness (QED) is 0.759. The van der Waals surface area contributed by atoms with Crippen LogP contribution in [-0.4, -0.2) is 58.1 Å². The van der Waals surface area contributed by atoms with Crippen LogP contribution >= 0.6 is 0 Å². The zero-order valence-electron chi connectivity index (χ0n) is 15.3. The maximum atomic E-state index is 12.6. The van der Waals surface area contributed by atoms with Crippen molar-refractivity contribution in [1.82, 2.24) is 19.9 Å². The second-order valence-electron chi connectivity index (χ2n) is 6.64. The first-order valence-electron chi connectivity index (χ1n) is 9.25. The fourth-order valence-corrected chi connectivity index (χ4v) is 3.20. The van der Waals surface area contributed by atoms with E-state index in [0.29, 0.717) is 13.2 Å². The molecule has 2 N–H and O–H groups in total. The number of hydrogen-bond acceptors (Lipinski definition) is 5. The largest absolute Gasteiger partial charge is 0.378 e. The molecule has 0 spiro atoms. The van der Waals surface area contributed by atoms with Crippen LogP contribution in [0, 0.1) is 6.92 Å². The van der Waals surface area contributed by atoms with Gasteiger partial charge in [-0.2, -0.15) is 0 Å². The van der Waals surface area contributed by atoms with Gasteiger partial charge in [0.25, 0.3) is 0 Å². The summed E-state index contributed by atoms with van der Waals surface area (Å²) in [5, 5.41) is 8.42. The number of ether oxygens (including phenoxy) is 1. The normalized spacial score (nSPS) is 15.4. The molecule has 1 aliphatic heterocycles. The van der Waals surface area contributed by atoms with Gasteiger partial charge in [0.15, 0.2) is 0 Å². The summed E-state index contributed by atoms with van der Waals surface area (Å²) < 4.78 is 7.58. The first kappa shape index (κ1) is 18.5. The van der Waals surface area contributed by atoms with Gasteiger partial charge in [0.1, 0.15) is 0 Å². The number of carbonyl (C=O) groups is 1. The van der Waals surface area contributed by atoms with Gasteiger partial charge in [-0.15, -0.1) is 5.10 Å². The van der Waals surface area contributed by atoms with Crippen LogP contribution in [0.3, 0.4) is 0 Å². The molecule has 0 radical (unpaired) electrons. The number of aromatic nitrogens is 3. The standard InChI is InChI=1S/C19H27N5O2/c1-15-18(21-22-24(15)16-6-3-2-4-7-16)14-19(25)23-11-8-17(9-12-23)26-13-5-10-20/h2-4,6-7,17H,5,8-14,20H2,1H3. The lowest BCUT2D eigenvalue weighted by molar-refractivity contribution is -0.133. The monoisotopic (exact) mass is 357 g/mol. The highest BCUT2D eigenvalue weighted by Crippen LogP contribution is 2.17. The molecule has 1 aliphatic rings. The van der Waals surface area contributed by atoms with E-state index in [2.05, 4.69) is 10.3 Å². The van der Waals surface area contributed by atoms with E-state index < -0.39 is 0 Å². The highest BCUT2D eigenvalue weighted by Gasteiger charge is 2.24. The van der Waals surface area contributed by atoms with Crippen LogP contribution in [0.2, 0.25) is 0 Å². The van der Waals surface area contributed by atoms with Crippen LogP contribution < -0.4 is 5.73 Å². The molecule has 0 unspecified atom stereocenters. The van der Waals surface area contributed by atoms with Crippen molar-refractivity contribution < 1.29 is 9.53 Å². The van der Waals surface area contributed by atoms with Gasteiger partial charge in [0.2, 0.25) is 5.91 Å². The number of para-hydroxylation sites is 1. The minimum absolute atomic E-state index is 0.105. The lowest BCUT2D eigenvalue weighted by Gasteiger charge is -2.32. The Morgan fingerprint density at radius 2 is 2.00 bits per heavy atom. The van der Waals surface area contributed by atoms with Crippen molar-refractivity contribution in [3.05, 3.63) is 41.7 Å². The van der Waals surface area contributed by atoms with E-state index in [1.165, 1.54) is 0 Å². The summed E-state index contributed by atoms with van der Waals surface area (Å²) in [4.78, 5) is 14.5. The van der Waals surface area contributed by atoms with Crippen molar-refractivity contribution in [2.24, 2.45) is 5.73 Å². The van der Waals surface area contributed by atoms with Crippen LogP contribution in [0.4, 0.5) is 0 Å². The molecule has 0 bridgehead atoms. The molecular weight excluding hydrogens is 330 g/mol. The molecule has 26 heavy (non-hydrogen) atoms. The lowest BCUT2D eigenvalue weighted by atomic mass is 10.1. The predicted molar refractivity (Wildman–Crippen MR) is 99.0 cm³/mol. The van der Waals surface area contributed by atoms with E-state index in [-0.39, 0.29) is 18.4 Å². The van der Waals surface area contributed by atoms with Crippen LogP contribution in [0.5, 0.6) is 0 Å². The smallest absolute Gasteiger partial charge is 0.228 e. The molecule has 2 heterocycles. The van der Waals surface area contributed by atoms with Crippen molar-refractivity contribution in [2.75, 3.05) is 26.2 Å². The Labute approximate surface area is 154 Å². The topological polar surface area (TPSA) is 86.3 Å². The number of hydrogen-bond donors (Lipinski definition) is 1. The number of carbonyl (C=O) groups excluding carboxylic acids is 1. The molecule has 0 aliphatic carbocycles. The zero-order valence-corrected chi connectivity index (χ0v) is 15.3. The van der Waals surface area contributed by atoms with E-state index >= 15 is 0 Å². The predicted octanol–water partition coefficient (Wildman–Crippen LogP) is 1.47. The molecule has 0 saturated carbocycles. The minimum Gasteiger partial charge on any atom is -0.378 e. The number of rotatable bonds is 7. The highest BCUT2D eigenvalue weighted by atomic mass is 16.5. The molecule has 2 aromatic rings. The molecule has 7 nitrogen and oxygen atoms in total. The number of amides is 1. The molecule has 140 valence electrons. The number of benzene rings is 1. The number of nitrogens with zero attached hydrogens (tertiary/aromatic N) is 4. The Morgan fingerprint density at radius 3 is 2.69 bits per heavy atom.